The van der Waals surface area contributed by atoms with E-state index in [0.29, 0.717) is 0 Å². The number of aryl methyl sites for hydroxylation is 2. The maximum Gasteiger partial charge on any atom is 0.130 e. The quantitative estimate of drug-likeness (QED) is 0.858. The predicted octanol–water partition coefficient (Wildman–Crippen LogP) is 2.93. The molecule has 2 rings (SSSR count). The van der Waals surface area contributed by atoms with Crippen molar-refractivity contribution in [1.29, 1.82) is 0 Å². The fraction of sp³-hybridized carbons (Fsp3) is 0.286. The van der Waals surface area contributed by atoms with E-state index in [1.807, 2.05) is 37.3 Å². The molecule has 0 N–H and O–H groups in total. The summed E-state index contributed by atoms with van der Waals surface area (Å²) in [6.45, 7) is 1.98. The number of rotatable bonds is 4. The van der Waals surface area contributed by atoms with Crippen molar-refractivity contribution in [2.75, 3.05) is 12.9 Å². The molecule has 0 aliphatic heterocycles. The number of hydrogen-bond donors (Lipinski definition) is 1. The Hall–Kier alpha value is -1.55. The Morgan fingerprint density at radius 1 is 1.22 bits per heavy atom. The first-order valence-corrected chi connectivity index (χ1v) is 6.46. The first kappa shape index (κ1) is 12.9. The molecule has 0 aliphatic carbocycles. The van der Waals surface area contributed by atoms with Crippen LogP contribution >= 0.6 is 12.6 Å². The van der Waals surface area contributed by atoms with Crippen molar-refractivity contribution in [2.24, 2.45) is 0 Å². The molecule has 18 heavy (non-hydrogen) atoms. The molecule has 0 radical (unpaired) electrons. The van der Waals surface area contributed by atoms with E-state index in [-0.39, 0.29) is 0 Å². The van der Waals surface area contributed by atoms with Gasteiger partial charge in [-0.05, 0) is 30.9 Å². The molecule has 2 aromatic rings. The lowest BCUT2D eigenvalue weighted by Gasteiger charge is -2.07. The molecule has 0 atom stereocenters. The molecule has 0 saturated carbocycles. The van der Waals surface area contributed by atoms with Crippen LogP contribution in [0.4, 0.5) is 0 Å². The summed E-state index contributed by atoms with van der Waals surface area (Å²) in [4.78, 5) is 8.95. The second-order valence-corrected chi connectivity index (χ2v) is 4.46. The third-order valence-corrected chi connectivity index (χ3v) is 2.83. The SMILES string of the molecule is COc1cccc(-c2cc(C)nc(CCS)n2)c1. The number of benzene rings is 1. The lowest BCUT2D eigenvalue weighted by atomic mass is 10.1. The minimum absolute atomic E-state index is 0.751. The fourth-order valence-corrected chi connectivity index (χ4v) is 1.97. The van der Waals surface area contributed by atoms with Crippen LogP contribution in [0.3, 0.4) is 0 Å². The molecular weight excluding hydrogens is 244 g/mol. The Bertz CT molecular complexity index is 543. The fourth-order valence-electron chi connectivity index (χ4n) is 1.77. The van der Waals surface area contributed by atoms with Gasteiger partial charge in [0.25, 0.3) is 0 Å². The molecular formula is C14H16N2OS. The van der Waals surface area contributed by atoms with E-state index in [1.165, 1.54) is 0 Å². The normalized spacial score (nSPS) is 10.4. The van der Waals surface area contributed by atoms with Crippen LogP contribution < -0.4 is 4.74 Å². The van der Waals surface area contributed by atoms with Crippen molar-refractivity contribution in [3.8, 4) is 17.0 Å². The zero-order valence-corrected chi connectivity index (χ0v) is 11.4. The molecule has 0 amide bonds. The molecule has 0 fully saturated rings. The molecule has 0 spiro atoms. The van der Waals surface area contributed by atoms with Crippen LogP contribution in [0.5, 0.6) is 5.75 Å². The number of ether oxygens (including phenoxy) is 1. The summed E-state index contributed by atoms with van der Waals surface area (Å²) < 4.78 is 5.23. The van der Waals surface area contributed by atoms with Gasteiger partial charge in [-0.3, -0.25) is 0 Å². The van der Waals surface area contributed by atoms with Crippen LogP contribution in [-0.4, -0.2) is 22.8 Å². The maximum absolute atomic E-state index is 5.23. The van der Waals surface area contributed by atoms with Crippen molar-refractivity contribution in [1.82, 2.24) is 9.97 Å². The molecule has 1 heterocycles. The van der Waals surface area contributed by atoms with Gasteiger partial charge in [0, 0.05) is 17.7 Å². The summed E-state index contributed by atoms with van der Waals surface area (Å²) >= 11 is 4.22. The van der Waals surface area contributed by atoms with Crippen LogP contribution in [0, 0.1) is 6.92 Å². The summed E-state index contributed by atoms with van der Waals surface area (Å²) in [5.74, 6) is 2.42. The second-order valence-electron chi connectivity index (χ2n) is 4.02. The minimum atomic E-state index is 0.751. The highest BCUT2D eigenvalue weighted by atomic mass is 32.1. The first-order chi connectivity index (χ1) is 8.72. The first-order valence-electron chi connectivity index (χ1n) is 5.83. The van der Waals surface area contributed by atoms with Gasteiger partial charge in [0.2, 0.25) is 0 Å². The average Bonchev–Trinajstić information content (AvgIpc) is 2.38. The van der Waals surface area contributed by atoms with Gasteiger partial charge < -0.3 is 4.74 Å². The zero-order chi connectivity index (χ0) is 13.0. The summed E-state index contributed by atoms with van der Waals surface area (Å²) in [6, 6.07) is 9.87. The molecule has 0 unspecified atom stereocenters. The van der Waals surface area contributed by atoms with E-state index in [2.05, 4.69) is 22.6 Å². The molecule has 94 valence electrons. The highest BCUT2D eigenvalue weighted by molar-refractivity contribution is 7.80. The van der Waals surface area contributed by atoms with E-state index >= 15 is 0 Å². The molecule has 0 saturated heterocycles. The van der Waals surface area contributed by atoms with E-state index in [4.69, 9.17) is 4.74 Å². The number of nitrogens with zero attached hydrogens (tertiary/aromatic N) is 2. The highest BCUT2D eigenvalue weighted by Crippen LogP contribution is 2.22. The Morgan fingerprint density at radius 3 is 2.78 bits per heavy atom. The van der Waals surface area contributed by atoms with Gasteiger partial charge in [0.05, 0.1) is 12.8 Å². The van der Waals surface area contributed by atoms with Crippen LogP contribution in [0.25, 0.3) is 11.3 Å². The van der Waals surface area contributed by atoms with Crippen LogP contribution in [0.15, 0.2) is 30.3 Å². The minimum Gasteiger partial charge on any atom is -0.497 e. The Kier molecular flexibility index (Phi) is 4.20. The Labute approximate surface area is 113 Å². The van der Waals surface area contributed by atoms with E-state index < -0.39 is 0 Å². The van der Waals surface area contributed by atoms with E-state index in [9.17, 15) is 0 Å². The predicted molar refractivity (Wildman–Crippen MR) is 76.3 cm³/mol. The van der Waals surface area contributed by atoms with Gasteiger partial charge in [0.1, 0.15) is 11.6 Å². The Morgan fingerprint density at radius 2 is 2.06 bits per heavy atom. The number of thiol groups is 1. The maximum atomic E-state index is 5.23. The van der Waals surface area contributed by atoms with E-state index in [1.54, 1.807) is 7.11 Å². The molecule has 0 bridgehead atoms. The third-order valence-electron chi connectivity index (χ3n) is 2.60. The monoisotopic (exact) mass is 260 g/mol. The molecule has 1 aromatic heterocycles. The van der Waals surface area contributed by atoms with Crippen molar-refractivity contribution < 1.29 is 4.74 Å². The van der Waals surface area contributed by atoms with Gasteiger partial charge >= 0.3 is 0 Å². The number of methoxy groups -OCH3 is 1. The van der Waals surface area contributed by atoms with Crippen LogP contribution in [-0.2, 0) is 6.42 Å². The van der Waals surface area contributed by atoms with E-state index in [0.717, 1.165) is 40.7 Å². The van der Waals surface area contributed by atoms with Crippen molar-refractivity contribution >= 4 is 12.6 Å². The Balaban J connectivity index is 2.42. The summed E-state index contributed by atoms with van der Waals surface area (Å²) in [5, 5.41) is 0. The second kappa shape index (κ2) is 5.87. The molecule has 1 aromatic carbocycles. The van der Waals surface area contributed by atoms with Gasteiger partial charge in [-0.15, -0.1) is 0 Å². The lowest BCUT2D eigenvalue weighted by Crippen LogP contribution is -2.00. The van der Waals surface area contributed by atoms with Gasteiger partial charge in [0.15, 0.2) is 0 Å². The summed E-state index contributed by atoms with van der Waals surface area (Å²) in [5.41, 5.74) is 2.94. The molecule has 3 nitrogen and oxygen atoms in total. The summed E-state index contributed by atoms with van der Waals surface area (Å²) in [6.07, 6.45) is 0.780. The van der Waals surface area contributed by atoms with Gasteiger partial charge in [-0.25, -0.2) is 9.97 Å². The standard InChI is InChI=1S/C14H16N2OS/c1-10-8-13(16-14(15-10)6-7-18)11-4-3-5-12(9-11)17-2/h3-5,8-9,18H,6-7H2,1-2H3. The number of hydrogen-bond acceptors (Lipinski definition) is 4. The largest absolute Gasteiger partial charge is 0.497 e. The van der Waals surface area contributed by atoms with Gasteiger partial charge in [-0.2, -0.15) is 12.6 Å². The van der Waals surface area contributed by atoms with Gasteiger partial charge in [-0.1, -0.05) is 12.1 Å². The highest BCUT2D eigenvalue weighted by Gasteiger charge is 2.05. The zero-order valence-electron chi connectivity index (χ0n) is 10.6. The average molecular weight is 260 g/mol. The smallest absolute Gasteiger partial charge is 0.130 e. The van der Waals surface area contributed by atoms with Crippen LogP contribution in [0.1, 0.15) is 11.5 Å². The molecule has 0 aliphatic rings. The van der Waals surface area contributed by atoms with Crippen molar-refractivity contribution in [2.45, 2.75) is 13.3 Å². The molecule has 4 heteroatoms. The van der Waals surface area contributed by atoms with Crippen molar-refractivity contribution in [3.63, 3.8) is 0 Å². The topological polar surface area (TPSA) is 35.0 Å². The summed E-state index contributed by atoms with van der Waals surface area (Å²) in [7, 11) is 1.66. The third kappa shape index (κ3) is 3.01. The number of aromatic nitrogens is 2. The lowest BCUT2D eigenvalue weighted by molar-refractivity contribution is 0.415. The van der Waals surface area contributed by atoms with Crippen molar-refractivity contribution in [3.05, 3.63) is 41.9 Å². The van der Waals surface area contributed by atoms with Crippen LogP contribution in [0.2, 0.25) is 0 Å².